The lowest BCUT2D eigenvalue weighted by atomic mass is 10.2. The van der Waals surface area contributed by atoms with Crippen molar-refractivity contribution in [3.05, 3.63) is 58.1 Å². The van der Waals surface area contributed by atoms with Crippen molar-refractivity contribution in [2.75, 3.05) is 14.2 Å². The van der Waals surface area contributed by atoms with E-state index in [-0.39, 0.29) is 18.2 Å². The molecule has 8 heteroatoms. The third-order valence-electron chi connectivity index (χ3n) is 4.33. The smallest absolute Gasteiger partial charge is 0.283 e. The molecular formula is C21H24N4O4. The lowest BCUT2D eigenvalue weighted by Crippen LogP contribution is -2.35. The Morgan fingerprint density at radius 1 is 1.17 bits per heavy atom. The molecule has 0 fully saturated rings. The minimum absolute atomic E-state index is 0.152. The van der Waals surface area contributed by atoms with E-state index in [4.69, 9.17) is 9.47 Å². The highest BCUT2D eigenvalue weighted by molar-refractivity contribution is 5.93. The predicted molar refractivity (Wildman–Crippen MR) is 109 cm³/mol. The molecule has 1 amide bonds. The maximum absolute atomic E-state index is 12.9. The molecule has 2 aromatic heterocycles. The third-order valence-corrected chi connectivity index (χ3v) is 4.33. The van der Waals surface area contributed by atoms with Crippen LogP contribution in [0.1, 0.15) is 29.9 Å². The Bertz CT molecular complexity index is 1070. The van der Waals surface area contributed by atoms with Crippen molar-refractivity contribution in [2.24, 2.45) is 5.92 Å². The van der Waals surface area contributed by atoms with Gasteiger partial charge in [-0.2, -0.15) is 0 Å². The number of hydrogen-bond acceptors (Lipinski definition) is 6. The lowest BCUT2D eigenvalue weighted by Gasteiger charge is -2.13. The first kappa shape index (κ1) is 20.3. The van der Waals surface area contributed by atoms with Gasteiger partial charge >= 0.3 is 0 Å². The quantitative estimate of drug-likeness (QED) is 0.659. The zero-order valence-electron chi connectivity index (χ0n) is 16.9. The summed E-state index contributed by atoms with van der Waals surface area (Å²) in [6.45, 7) is 4.64. The van der Waals surface area contributed by atoms with Crippen LogP contribution >= 0.6 is 0 Å². The van der Waals surface area contributed by atoms with Crippen molar-refractivity contribution in [1.82, 2.24) is 19.9 Å². The number of benzene rings is 1. The largest absolute Gasteiger partial charge is 0.497 e. The number of carbonyl (C=O) groups is 1. The number of hydrogen-bond donors (Lipinski definition) is 1. The Morgan fingerprint density at radius 3 is 2.48 bits per heavy atom. The van der Waals surface area contributed by atoms with Gasteiger partial charge < -0.3 is 14.8 Å². The Labute approximate surface area is 168 Å². The van der Waals surface area contributed by atoms with E-state index in [2.05, 4.69) is 15.3 Å². The second-order valence-corrected chi connectivity index (χ2v) is 7.02. The summed E-state index contributed by atoms with van der Waals surface area (Å²) in [7, 11) is 3.11. The van der Waals surface area contributed by atoms with Crippen molar-refractivity contribution in [2.45, 2.75) is 26.9 Å². The molecule has 0 aliphatic heterocycles. The molecule has 1 aromatic carbocycles. The highest BCUT2D eigenvalue weighted by Gasteiger charge is 2.18. The van der Waals surface area contributed by atoms with E-state index in [0.29, 0.717) is 29.2 Å². The monoisotopic (exact) mass is 396 g/mol. The lowest BCUT2D eigenvalue weighted by molar-refractivity contribution is 0.0943. The van der Waals surface area contributed by atoms with Crippen LogP contribution in [0, 0.1) is 5.92 Å². The van der Waals surface area contributed by atoms with Gasteiger partial charge in [0.25, 0.3) is 11.5 Å². The van der Waals surface area contributed by atoms with E-state index in [1.165, 1.54) is 4.57 Å². The first-order chi connectivity index (χ1) is 13.9. The van der Waals surface area contributed by atoms with Crippen LogP contribution in [0.25, 0.3) is 11.2 Å². The van der Waals surface area contributed by atoms with Crippen LogP contribution < -0.4 is 20.3 Å². The number of fused-ring (bicyclic) bond motifs is 1. The molecule has 0 saturated carbocycles. The average Bonchev–Trinajstić information content (AvgIpc) is 2.73. The van der Waals surface area contributed by atoms with Crippen LogP contribution in [-0.4, -0.2) is 34.7 Å². The molecule has 0 saturated heterocycles. The standard InChI is InChI=1S/C21H24N4O4/c1-13(2)12-25-19-17(6-5-7-22-19)24-18(21(25)27)20(26)23-11-14-8-15(28-3)10-16(9-14)29-4/h5-10,13H,11-12H2,1-4H3,(H,23,26). The minimum atomic E-state index is -0.542. The molecule has 2 heterocycles. The van der Waals surface area contributed by atoms with Crippen molar-refractivity contribution in [1.29, 1.82) is 0 Å². The van der Waals surface area contributed by atoms with Gasteiger partial charge in [-0.3, -0.25) is 14.2 Å². The normalized spacial score (nSPS) is 10.9. The maximum atomic E-state index is 12.9. The average molecular weight is 396 g/mol. The first-order valence-corrected chi connectivity index (χ1v) is 9.28. The molecular weight excluding hydrogens is 372 g/mol. The molecule has 0 radical (unpaired) electrons. The molecule has 0 bridgehead atoms. The van der Waals surface area contributed by atoms with Gasteiger partial charge in [0.2, 0.25) is 0 Å². The highest BCUT2D eigenvalue weighted by Crippen LogP contribution is 2.22. The van der Waals surface area contributed by atoms with E-state index in [9.17, 15) is 9.59 Å². The van der Waals surface area contributed by atoms with Gasteiger partial charge in [-0.25, -0.2) is 9.97 Å². The fourth-order valence-electron chi connectivity index (χ4n) is 2.99. The van der Waals surface area contributed by atoms with Gasteiger partial charge in [0, 0.05) is 25.4 Å². The summed E-state index contributed by atoms with van der Waals surface area (Å²) >= 11 is 0. The van der Waals surface area contributed by atoms with Gasteiger partial charge in [-0.15, -0.1) is 0 Å². The van der Waals surface area contributed by atoms with E-state index in [1.54, 1.807) is 50.7 Å². The number of amides is 1. The van der Waals surface area contributed by atoms with E-state index in [0.717, 1.165) is 5.56 Å². The number of nitrogens with one attached hydrogen (secondary N) is 1. The Morgan fingerprint density at radius 2 is 1.86 bits per heavy atom. The molecule has 0 unspecified atom stereocenters. The number of pyridine rings is 1. The molecule has 1 N–H and O–H groups in total. The fraction of sp³-hybridized carbons (Fsp3) is 0.333. The van der Waals surface area contributed by atoms with Gasteiger partial charge in [0.15, 0.2) is 11.3 Å². The van der Waals surface area contributed by atoms with Gasteiger partial charge in [-0.05, 0) is 35.7 Å². The van der Waals surface area contributed by atoms with Crippen LogP contribution in [0.15, 0.2) is 41.3 Å². The third kappa shape index (κ3) is 4.53. The number of ether oxygens (including phenoxy) is 2. The van der Waals surface area contributed by atoms with Gasteiger partial charge in [0.1, 0.15) is 17.0 Å². The zero-order valence-corrected chi connectivity index (χ0v) is 16.9. The molecule has 3 aromatic rings. The zero-order chi connectivity index (χ0) is 21.0. The van der Waals surface area contributed by atoms with Crippen LogP contribution in [0.3, 0.4) is 0 Å². The van der Waals surface area contributed by atoms with Crippen molar-refractivity contribution >= 4 is 17.1 Å². The molecule has 0 aliphatic carbocycles. The number of methoxy groups -OCH3 is 2. The van der Waals surface area contributed by atoms with Crippen molar-refractivity contribution < 1.29 is 14.3 Å². The molecule has 0 aliphatic rings. The van der Waals surface area contributed by atoms with E-state index < -0.39 is 11.5 Å². The summed E-state index contributed by atoms with van der Waals surface area (Å²) in [5, 5.41) is 2.76. The summed E-state index contributed by atoms with van der Waals surface area (Å²) in [5.74, 6) is 0.895. The summed E-state index contributed by atoms with van der Waals surface area (Å²) in [5.41, 5.74) is 1.15. The SMILES string of the molecule is COc1cc(CNC(=O)c2nc3cccnc3n(CC(C)C)c2=O)cc(OC)c1. The molecule has 152 valence electrons. The van der Waals surface area contributed by atoms with Crippen molar-refractivity contribution in [3.8, 4) is 11.5 Å². The fourth-order valence-corrected chi connectivity index (χ4v) is 2.99. The van der Waals surface area contributed by atoms with Crippen LogP contribution in [0.4, 0.5) is 0 Å². The molecule has 0 spiro atoms. The Balaban J connectivity index is 1.91. The van der Waals surface area contributed by atoms with E-state index in [1.807, 2.05) is 13.8 Å². The Hall–Kier alpha value is -3.42. The summed E-state index contributed by atoms with van der Waals surface area (Å²) in [6.07, 6.45) is 1.61. The highest BCUT2D eigenvalue weighted by atomic mass is 16.5. The molecule has 8 nitrogen and oxygen atoms in total. The molecule has 29 heavy (non-hydrogen) atoms. The maximum Gasteiger partial charge on any atom is 0.283 e. The minimum Gasteiger partial charge on any atom is -0.497 e. The summed E-state index contributed by atoms with van der Waals surface area (Å²) in [6, 6.07) is 8.79. The van der Waals surface area contributed by atoms with Crippen LogP contribution in [-0.2, 0) is 13.1 Å². The second kappa shape index (κ2) is 8.72. The van der Waals surface area contributed by atoms with Crippen LogP contribution in [0.2, 0.25) is 0 Å². The van der Waals surface area contributed by atoms with Crippen LogP contribution in [0.5, 0.6) is 11.5 Å². The van der Waals surface area contributed by atoms with Gasteiger partial charge in [-0.1, -0.05) is 13.8 Å². The summed E-state index contributed by atoms with van der Waals surface area (Å²) in [4.78, 5) is 34.2. The second-order valence-electron chi connectivity index (χ2n) is 7.02. The number of rotatable bonds is 7. The molecule has 3 rings (SSSR count). The topological polar surface area (TPSA) is 95.3 Å². The first-order valence-electron chi connectivity index (χ1n) is 9.28. The number of aromatic nitrogens is 3. The Kier molecular flexibility index (Phi) is 6.11. The van der Waals surface area contributed by atoms with Crippen molar-refractivity contribution in [3.63, 3.8) is 0 Å². The van der Waals surface area contributed by atoms with Gasteiger partial charge in [0.05, 0.1) is 14.2 Å². The van der Waals surface area contributed by atoms with E-state index >= 15 is 0 Å². The molecule has 0 atom stereocenters. The predicted octanol–water partition coefficient (Wildman–Crippen LogP) is 2.39. The number of nitrogens with zero attached hydrogens (tertiary/aromatic N) is 3. The number of carbonyl (C=O) groups excluding carboxylic acids is 1. The summed E-state index contributed by atoms with van der Waals surface area (Å²) < 4.78 is 12.0.